The Morgan fingerprint density at radius 3 is 2.57 bits per heavy atom. The second kappa shape index (κ2) is 7.56. The molecule has 1 unspecified atom stereocenters. The van der Waals surface area contributed by atoms with Crippen molar-refractivity contribution in [1.82, 2.24) is 9.88 Å². The third-order valence-corrected chi connectivity index (χ3v) is 6.08. The lowest BCUT2D eigenvalue weighted by Gasteiger charge is -2.26. The smallest absolute Gasteiger partial charge is 0.272 e. The van der Waals surface area contributed by atoms with Gasteiger partial charge in [0, 0.05) is 19.3 Å². The van der Waals surface area contributed by atoms with Crippen LogP contribution in [-0.2, 0) is 11.2 Å². The highest BCUT2D eigenvalue weighted by atomic mass is 32.1. The quantitative estimate of drug-likeness (QED) is 0.724. The molecule has 0 spiro atoms. The molecule has 2 aromatic heterocycles. The third kappa shape index (κ3) is 3.55. The van der Waals surface area contributed by atoms with Crippen LogP contribution in [0.3, 0.4) is 0 Å². The van der Waals surface area contributed by atoms with Crippen LogP contribution in [0.25, 0.3) is 11.1 Å². The Labute approximate surface area is 167 Å². The monoisotopic (exact) mass is 391 g/mol. The van der Waals surface area contributed by atoms with Crippen LogP contribution < -0.4 is 5.73 Å². The van der Waals surface area contributed by atoms with E-state index < -0.39 is 5.41 Å². The van der Waals surface area contributed by atoms with E-state index in [2.05, 4.69) is 33.9 Å². The molecule has 2 amide bonds. The van der Waals surface area contributed by atoms with Crippen molar-refractivity contribution in [3.05, 3.63) is 76.7 Å². The van der Waals surface area contributed by atoms with Gasteiger partial charge < -0.3 is 10.6 Å². The number of amides is 2. The van der Waals surface area contributed by atoms with Gasteiger partial charge in [0.1, 0.15) is 5.69 Å². The normalized spacial score (nSPS) is 18.9. The molecule has 28 heavy (non-hydrogen) atoms. The van der Waals surface area contributed by atoms with Crippen molar-refractivity contribution in [2.24, 2.45) is 11.1 Å². The predicted octanol–water partition coefficient (Wildman–Crippen LogP) is 3.37. The first kappa shape index (κ1) is 18.4. The van der Waals surface area contributed by atoms with Gasteiger partial charge in [-0.2, -0.15) is 11.3 Å². The number of rotatable bonds is 5. The molecular formula is C22H21N3O2S. The van der Waals surface area contributed by atoms with Crippen molar-refractivity contribution < 1.29 is 9.59 Å². The Kier molecular flexibility index (Phi) is 4.96. The fourth-order valence-electron chi connectivity index (χ4n) is 3.76. The molecule has 0 radical (unpaired) electrons. The van der Waals surface area contributed by atoms with Crippen molar-refractivity contribution in [3.63, 3.8) is 0 Å². The second-order valence-electron chi connectivity index (χ2n) is 7.22. The molecule has 6 heteroatoms. The molecule has 3 aromatic rings. The molecule has 1 fully saturated rings. The number of benzene rings is 1. The van der Waals surface area contributed by atoms with Gasteiger partial charge in [-0.05, 0) is 58.5 Å². The number of likely N-dealkylation sites (tertiary alicyclic amines) is 1. The SMILES string of the molecule is NC(=O)C1(Cc2ccc(-c3ccsc3)cc2)CCN(C(=O)c2ccccn2)C1. The first-order valence-electron chi connectivity index (χ1n) is 9.19. The van der Waals surface area contributed by atoms with Crippen molar-refractivity contribution in [2.45, 2.75) is 12.8 Å². The third-order valence-electron chi connectivity index (χ3n) is 5.40. The van der Waals surface area contributed by atoms with Crippen molar-refractivity contribution in [2.75, 3.05) is 13.1 Å². The zero-order chi connectivity index (χ0) is 19.6. The molecule has 5 nitrogen and oxygen atoms in total. The molecule has 1 aliphatic rings. The highest BCUT2D eigenvalue weighted by Crippen LogP contribution is 2.35. The van der Waals surface area contributed by atoms with Crippen LogP contribution >= 0.6 is 11.3 Å². The minimum Gasteiger partial charge on any atom is -0.369 e. The van der Waals surface area contributed by atoms with Gasteiger partial charge in [-0.25, -0.2) is 0 Å². The maximum absolute atomic E-state index is 12.7. The maximum Gasteiger partial charge on any atom is 0.272 e. The summed E-state index contributed by atoms with van der Waals surface area (Å²) in [7, 11) is 0. The number of primary amides is 1. The van der Waals surface area contributed by atoms with Gasteiger partial charge in [-0.1, -0.05) is 30.3 Å². The van der Waals surface area contributed by atoms with Crippen molar-refractivity contribution in [1.29, 1.82) is 0 Å². The first-order chi connectivity index (χ1) is 13.6. The lowest BCUT2D eigenvalue weighted by atomic mass is 9.80. The fourth-order valence-corrected chi connectivity index (χ4v) is 4.43. The molecule has 4 rings (SSSR count). The number of hydrogen-bond acceptors (Lipinski definition) is 4. The van der Waals surface area contributed by atoms with E-state index in [9.17, 15) is 9.59 Å². The molecular weight excluding hydrogens is 370 g/mol. The zero-order valence-electron chi connectivity index (χ0n) is 15.4. The Morgan fingerprint density at radius 1 is 1.11 bits per heavy atom. The van der Waals surface area contributed by atoms with Gasteiger partial charge in [0.25, 0.3) is 5.91 Å². The van der Waals surface area contributed by atoms with Crippen LogP contribution in [0.5, 0.6) is 0 Å². The van der Waals surface area contributed by atoms with E-state index in [0.717, 1.165) is 11.1 Å². The summed E-state index contributed by atoms with van der Waals surface area (Å²) in [6.45, 7) is 0.829. The number of nitrogens with two attached hydrogens (primary N) is 1. The number of thiophene rings is 1. The zero-order valence-corrected chi connectivity index (χ0v) is 16.2. The lowest BCUT2D eigenvalue weighted by Crippen LogP contribution is -2.42. The van der Waals surface area contributed by atoms with E-state index in [0.29, 0.717) is 31.6 Å². The van der Waals surface area contributed by atoms with Crippen molar-refractivity contribution >= 4 is 23.2 Å². The molecule has 1 aliphatic heterocycles. The second-order valence-corrected chi connectivity index (χ2v) is 8.00. The Balaban J connectivity index is 1.51. The molecule has 3 heterocycles. The number of carbonyl (C=O) groups is 2. The van der Waals surface area contributed by atoms with Gasteiger partial charge in [0.15, 0.2) is 0 Å². The van der Waals surface area contributed by atoms with E-state index in [1.807, 2.05) is 12.1 Å². The highest BCUT2D eigenvalue weighted by molar-refractivity contribution is 7.08. The molecule has 1 saturated heterocycles. The largest absolute Gasteiger partial charge is 0.369 e. The summed E-state index contributed by atoms with van der Waals surface area (Å²) in [4.78, 5) is 30.9. The molecule has 142 valence electrons. The molecule has 2 N–H and O–H groups in total. The lowest BCUT2D eigenvalue weighted by molar-refractivity contribution is -0.126. The average Bonchev–Trinajstić information content (AvgIpc) is 3.40. The number of nitrogens with zero attached hydrogens (tertiary/aromatic N) is 2. The number of hydrogen-bond donors (Lipinski definition) is 1. The van der Waals surface area contributed by atoms with Crippen LogP contribution in [0.1, 0.15) is 22.5 Å². The van der Waals surface area contributed by atoms with E-state index in [4.69, 9.17) is 5.73 Å². The standard InChI is InChI=1S/C22H21N3O2S/c23-21(27)22(9-11-25(15-22)20(26)19-3-1-2-10-24-19)13-16-4-6-17(7-5-16)18-8-12-28-14-18/h1-8,10,12,14H,9,11,13,15H2,(H2,23,27). The highest BCUT2D eigenvalue weighted by Gasteiger charge is 2.45. The molecule has 0 aliphatic carbocycles. The maximum atomic E-state index is 12.7. The Hall–Kier alpha value is -2.99. The summed E-state index contributed by atoms with van der Waals surface area (Å²) in [6, 6.07) is 15.6. The molecule has 0 bridgehead atoms. The molecule has 0 saturated carbocycles. The summed E-state index contributed by atoms with van der Waals surface area (Å²) >= 11 is 1.67. The van der Waals surface area contributed by atoms with Gasteiger partial charge in [-0.3, -0.25) is 14.6 Å². The van der Waals surface area contributed by atoms with E-state index in [1.165, 1.54) is 5.56 Å². The summed E-state index contributed by atoms with van der Waals surface area (Å²) in [6.07, 6.45) is 2.69. The summed E-state index contributed by atoms with van der Waals surface area (Å²) < 4.78 is 0. The van der Waals surface area contributed by atoms with Crippen LogP contribution in [0.2, 0.25) is 0 Å². The Bertz CT molecular complexity index is 971. The van der Waals surface area contributed by atoms with Gasteiger partial charge in [0.05, 0.1) is 5.41 Å². The fraction of sp³-hybridized carbons (Fsp3) is 0.227. The van der Waals surface area contributed by atoms with Crippen molar-refractivity contribution in [3.8, 4) is 11.1 Å². The number of pyridine rings is 1. The molecule has 1 atom stereocenters. The minimum atomic E-state index is -0.742. The van der Waals surface area contributed by atoms with Gasteiger partial charge in [0.2, 0.25) is 5.91 Å². The van der Waals surface area contributed by atoms with Gasteiger partial charge >= 0.3 is 0 Å². The first-order valence-corrected chi connectivity index (χ1v) is 10.1. The number of aromatic nitrogens is 1. The summed E-state index contributed by atoms with van der Waals surface area (Å²) in [5, 5.41) is 4.16. The van der Waals surface area contributed by atoms with E-state index >= 15 is 0 Å². The van der Waals surface area contributed by atoms with Crippen LogP contribution in [0.15, 0.2) is 65.5 Å². The van der Waals surface area contributed by atoms with E-state index in [-0.39, 0.29) is 11.8 Å². The topological polar surface area (TPSA) is 76.3 Å². The molecule has 1 aromatic carbocycles. The van der Waals surface area contributed by atoms with E-state index in [1.54, 1.807) is 40.6 Å². The predicted molar refractivity (Wildman–Crippen MR) is 110 cm³/mol. The Morgan fingerprint density at radius 2 is 1.93 bits per heavy atom. The van der Waals surface area contributed by atoms with Crippen LogP contribution in [0, 0.1) is 5.41 Å². The minimum absolute atomic E-state index is 0.156. The summed E-state index contributed by atoms with van der Waals surface area (Å²) in [5.74, 6) is -0.512. The van der Waals surface area contributed by atoms with Crippen LogP contribution in [0.4, 0.5) is 0 Å². The summed E-state index contributed by atoms with van der Waals surface area (Å²) in [5.41, 5.74) is 8.83. The average molecular weight is 391 g/mol. The van der Waals surface area contributed by atoms with Crippen LogP contribution in [-0.4, -0.2) is 34.8 Å². The number of carbonyl (C=O) groups excluding carboxylic acids is 2. The van der Waals surface area contributed by atoms with Gasteiger partial charge in [-0.15, -0.1) is 0 Å².